The first-order chi connectivity index (χ1) is 11.3. The van der Waals surface area contributed by atoms with E-state index in [1.54, 1.807) is 0 Å². The Morgan fingerprint density at radius 3 is 2.87 bits per heavy atom. The Morgan fingerprint density at radius 1 is 1.04 bits per heavy atom. The number of fused-ring (bicyclic) bond motifs is 1. The molecule has 0 aliphatic heterocycles. The Morgan fingerprint density at radius 2 is 1.91 bits per heavy atom. The maximum absolute atomic E-state index is 5.55. The van der Waals surface area contributed by atoms with Gasteiger partial charge in [-0.25, -0.2) is 0 Å². The molecule has 1 aliphatic carbocycles. The lowest BCUT2D eigenvalue weighted by atomic mass is 10.0. The van der Waals surface area contributed by atoms with Gasteiger partial charge >= 0.3 is 0 Å². The van der Waals surface area contributed by atoms with Crippen LogP contribution in [0.4, 0.5) is 0 Å². The van der Waals surface area contributed by atoms with Crippen LogP contribution >= 0.6 is 0 Å². The molecule has 2 aromatic carbocycles. The van der Waals surface area contributed by atoms with Crippen molar-refractivity contribution in [1.29, 1.82) is 0 Å². The van der Waals surface area contributed by atoms with Crippen molar-refractivity contribution in [2.45, 2.75) is 13.3 Å². The molecule has 0 amide bonds. The molecule has 23 heavy (non-hydrogen) atoms. The topological polar surface area (TPSA) is 38.9 Å². The highest BCUT2D eigenvalue weighted by atomic mass is 16.5. The van der Waals surface area contributed by atoms with Gasteiger partial charge in [0.05, 0.1) is 0 Å². The van der Waals surface area contributed by atoms with E-state index in [9.17, 15) is 0 Å². The van der Waals surface area contributed by atoms with Gasteiger partial charge in [-0.2, -0.15) is 4.98 Å². The van der Waals surface area contributed by atoms with E-state index in [0.717, 1.165) is 28.5 Å². The summed E-state index contributed by atoms with van der Waals surface area (Å²) in [6.07, 6.45) is 9.26. The molecule has 0 atom stereocenters. The van der Waals surface area contributed by atoms with Crippen molar-refractivity contribution in [3.8, 4) is 11.5 Å². The summed E-state index contributed by atoms with van der Waals surface area (Å²) in [5.41, 5.74) is 3.14. The van der Waals surface area contributed by atoms with Crippen molar-refractivity contribution in [1.82, 2.24) is 10.1 Å². The summed E-state index contributed by atoms with van der Waals surface area (Å²) >= 11 is 0. The molecule has 1 heterocycles. The van der Waals surface area contributed by atoms with Crippen molar-refractivity contribution < 1.29 is 4.52 Å². The highest BCUT2D eigenvalue weighted by Crippen LogP contribution is 2.30. The van der Waals surface area contributed by atoms with Crippen molar-refractivity contribution >= 4 is 16.3 Å². The Hall–Kier alpha value is -2.94. The third-order valence-electron chi connectivity index (χ3n) is 4.05. The van der Waals surface area contributed by atoms with Crippen molar-refractivity contribution in [2.24, 2.45) is 0 Å². The maximum atomic E-state index is 5.55. The van der Waals surface area contributed by atoms with Crippen LogP contribution in [0.1, 0.15) is 19.2 Å². The Labute approximate surface area is 134 Å². The average Bonchev–Trinajstić information content (AvgIpc) is 2.97. The molecule has 0 fully saturated rings. The van der Waals surface area contributed by atoms with E-state index >= 15 is 0 Å². The molecule has 4 rings (SSSR count). The molecule has 0 unspecified atom stereocenters. The third kappa shape index (κ3) is 2.50. The minimum absolute atomic E-state index is 0.558. The standard InChI is InChI=1S/C20H16N2O/c1-14-8-3-2-4-11-16(14)19-21-20(23-22-19)18-13-7-10-15-9-5-6-12-17(15)18/h2-3,5-13H,4H2,1H3. The van der Waals surface area contributed by atoms with Gasteiger partial charge in [0.2, 0.25) is 5.82 Å². The van der Waals surface area contributed by atoms with Crippen LogP contribution < -0.4 is 0 Å². The second-order valence-electron chi connectivity index (χ2n) is 5.58. The molecular weight excluding hydrogens is 284 g/mol. The number of benzene rings is 2. The number of rotatable bonds is 2. The van der Waals surface area contributed by atoms with Crippen LogP contribution in [0, 0.1) is 0 Å². The van der Waals surface area contributed by atoms with E-state index in [2.05, 4.69) is 59.6 Å². The molecule has 1 aliphatic rings. The number of nitrogens with zero attached hydrogens (tertiary/aromatic N) is 2. The van der Waals surface area contributed by atoms with E-state index in [0.29, 0.717) is 11.7 Å². The first kappa shape index (κ1) is 13.7. The van der Waals surface area contributed by atoms with Crippen molar-refractivity contribution in [3.63, 3.8) is 0 Å². The van der Waals surface area contributed by atoms with Crippen molar-refractivity contribution in [3.05, 3.63) is 78.2 Å². The van der Waals surface area contributed by atoms with Crippen molar-refractivity contribution in [2.75, 3.05) is 0 Å². The molecule has 0 spiro atoms. The normalized spacial score (nSPS) is 14.5. The molecule has 0 saturated heterocycles. The van der Waals surface area contributed by atoms with Crippen LogP contribution in [0.25, 0.3) is 27.8 Å². The number of hydrogen-bond donors (Lipinski definition) is 0. The molecule has 0 radical (unpaired) electrons. The van der Waals surface area contributed by atoms with Crippen LogP contribution in [0.15, 0.2) is 76.9 Å². The zero-order valence-corrected chi connectivity index (χ0v) is 12.9. The second-order valence-corrected chi connectivity index (χ2v) is 5.58. The number of allylic oxidation sites excluding steroid dienone is 6. The van der Waals surface area contributed by atoms with Gasteiger partial charge in [0.25, 0.3) is 5.89 Å². The summed E-state index contributed by atoms with van der Waals surface area (Å²) in [4.78, 5) is 4.63. The van der Waals surface area contributed by atoms with Gasteiger partial charge in [-0.3, -0.25) is 0 Å². The average molecular weight is 300 g/mol. The van der Waals surface area contributed by atoms with E-state index in [-0.39, 0.29) is 0 Å². The molecule has 3 heteroatoms. The summed E-state index contributed by atoms with van der Waals surface area (Å²) in [7, 11) is 0. The fourth-order valence-corrected chi connectivity index (χ4v) is 2.85. The Kier molecular flexibility index (Phi) is 3.39. The zero-order chi connectivity index (χ0) is 15.6. The largest absolute Gasteiger partial charge is 0.334 e. The predicted octanol–water partition coefficient (Wildman–Crippen LogP) is 5.18. The molecular formula is C20H16N2O. The van der Waals surface area contributed by atoms with Gasteiger partial charge in [-0.15, -0.1) is 0 Å². The van der Waals surface area contributed by atoms with E-state index < -0.39 is 0 Å². The monoisotopic (exact) mass is 300 g/mol. The molecule has 3 nitrogen and oxygen atoms in total. The highest BCUT2D eigenvalue weighted by molar-refractivity contribution is 5.94. The zero-order valence-electron chi connectivity index (χ0n) is 12.9. The summed E-state index contributed by atoms with van der Waals surface area (Å²) in [6.45, 7) is 2.06. The Bertz CT molecular complexity index is 955. The van der Waals surface area contributed by atoms with Crippen LogP contribution in [0.2, 0.25) is 0 Å². The van der Waals surface area contributed by atoms with E-state index in [1.807, 2.05) is 24.3 Å². The Balaban J connectivity index is 1.80. The highest BCUT2D eigenvalue weighted by Gasteiger charge is 2.15. The van der Waals surface area contributed by atoms with E-state index in [1.165, 1.54) is 5.39 Å². The lowest BCUT2D eigenvalue weighted by Crippen LogP contribution is -1.89. The number of aromatic nitrogens is 2. The summed E-state index contributed by atoms with van der Waals surface area (Å²) in [6, 6.07) is 14.3. The van der Waals surface area contributed by atoms with Gasteiger partial charge < -0.3 is 4.52 Å². The van der Waals surface area contributed by atoms with Gasteiger partial charge in [-0.1, -0.05) is 65.9 Å². The quantitative estimate of drug-likeness (QED) is 0.654. The summed E-state index contributed by atoms with van der Waals surface area (Å²) in [5, 5.41) is 6.48. The van der Waals surface area contributed by atoms with Crippen LogP contribution in [0.3, 0.4) is 0 Å². The fourth-order valence-electron chi connectivity index (χ4n) is 2.85. The minimum Gasteiger partial charge on any atom is -0.334 e. The van der Waals surface area contributed by atoms with Gasteiger partial charge in [-0.05, 0) is 35.8 Å². The molecule has 0 bridgehead atoms. The van der Waals surface area contributed by atoms with Gasteiger partial charge in [0, 0.05) is 11.1 Å². The molecule has 0 N–H and O–H groups in total. The summed E-state index contributed by atoms with van der Waals surface area (Å²) in [5.74, 6) is 1.20. The SMILES string of the molecule is CC1=CC=CCC=C1c1noc(-c2cccc3ccccc23)n1. The van der Waals surface area contributed by atoms with Crippen LogP contribution in [0.5, 0.6) is 0 Å². The molecule has 0 saturated carbocycles. The fraction of sp³-hybridized carbons (Fsp3) is 0.100. The predicted molar refractivity (Wildman–Crippen MR) is 92.7 cm³/mol. The molecule has 112 valence electrons. The maximum Gasteiger partial charge on any atom is 0.258 e. The lowest BCUT2D eigenvalue weighted by molar-refractivity contribution is 0.428. The van der Waals surface area contributed by atoms with Gasteiger partial charge in [0.15, 0.2) is 0 Å². The lowest BCUT2D eigenvalue weighted by Gasteiger charge is -2.02. The third-order valence-corrected chi connectivity index (χ3v) is 4.05. The first-order valence-electron chi connectivity index (χ1n) is 7.69. The minimum atomic E-state index is 0.558. The van der Waals surface area contributed by atoms with Crippen LogP contribution in [-0.2, 0) is 0 Å². The van der Waals surface area contributed by atoms with Crippen LogP contribution in [-0.4, -0.2) is 10.1 Å². The van der Waals surface area contributed by atoms with E-state index in [4.69, 9.17) is 4.52 Å². The second kappa shape index (κ2) is 5.69. The molecule has 3 aromatic rings. The smallest absolute Gasteiger partial charge is 0.258 e. The van der Waals surface area contributed by atoms with Gasteiger partial charge in [0.1, 0.15) is 0 Å². The molecule has 1 aromatic heterocycles. The summed E-state index contributed by atoms with van der Waals surface area (Å²) < 4.78 is 5.55. The first-order valence-corrected chi connectivity index (χ1v) is 7.69. The number of hydrogen-bond acceptors (Lipinski definition) is 3.